The van der Waals surface area contributed by atoms with Crippen molar-refractivity contribution >= 4 is 6.09 Å². The van der Waals surface area contributed by atoms with E-state index in [2.05, 4.69) is 0 Å². The minimum Gasteiger partial charge on any atom is -0.449 e. The number of aromatic nitrogens is 1. The molecule has 5 nitrogen and oxygen atoms in total. The Bertz CT molecular complexity index is 387. The third-order valence-corrected chi connectivity index (χ3v) is 2.80. The third-order valence-electron chi connectivity index (χ3n) is 2.80. The molecule has 1 aromatic heterocycles. The van der Waals surface area contributed by atoms with Crippen LogP contribution < -0.4 is 5.73 Å². The van der Waals surface area contributed by atoms with Gasteiger partial charge in [-0.05, 0) is 18.1 Å². The van der Waals surface area contributed by atoms with E-state index in [-0.39, 0.29) is 6.09 Å². The van der Waals surface area contributed by atoms with Crippen LogP contribution in [0.3, 0.4) is 0 Å². The van der Waals surface area contributed by atoms with Crippen molar-refractivity contribution in [2.45, 2.75) is 19.5 Å². The number of cyclic esters (lactones) is 1. The van der Waals surface area contributed by atoms with Crippen molar-refractivity contribution in [2.75, 3.05) is 13.2 Å². The number of nitrogens with zero attached hydrogens (tertiary/aromatic N) is 2. The molecule has 0 spiro atoms. The summed E-state index contributed by atoms with van der Waals surface area (Å²) in [4.78, 5) is 13.2. The maximum absolute atomic E-state index is 11.4. The summed E-state index contributed by atoms with van der Waals surface area (Å²) in [5.74, 6) is 0. The van der Waals surface area contributed by atoms with Crippen LogP contribution in [0.4, 0.5) is 4.79 Å². The van der Waals surface area contributed by atoms with Gasteiger partial charge in [0.1, 0.15) is 0 Å². The van der Waals surface area contributed by atoms with Crippen LogP contribution in [-0.4, -0.2) is 28.7 Å². The van der Waals surface area contributed by atoms with Crippen molar-refractivity contribution in [3.8, 4) is 0 Å². The zero-order chi connectivity index (χ0) is 11.5. The number of amides is 1. The second-order valence-electron chi connectivity index (χ2n) is 4.04. The molecule has 0 aliphatic carbocycles. The summed E-state index contributed by atoms with van der Waals surface area (Å²) in [5, 5.41) is 0. The van der Waals surface area contributed by atoms with Crippen molar-refractivity contribution in [1.82, 2.24) is 9.47 Å². The molecular weight excluding hydrogens is 206 g/mol. The zero-order valence-corrected chi connectivity index (χ0v) is 9.48. The van der Waals surface area contributed by atoms with Crippen LogP contribution in [0, 0.1) is 0 Å². The van der Waals surface area contributed by atoms with Crippen LogP contribution in [0.1, 0.15) is 17.7 Å². The van der Waals surface area contributed by atoms with Gasteiger partial charge in [-0.15, -0.1) is 0 Å². The first-order chi connectivity index (χ1) is 7.70. The van der Waals surface area contributed by atoms with Crippen molar-refractivity contribution in [3.63, 3.8) is 0 Å². The van der Waals surface area contributed by atoms with Gasteiger partial charge < -0.3 is 19.9 Å². The second kappa shape index (κ2) is 4.57. The van der Waals surface area contributed by atoms with Gasteiger partial charge in [-0.25, -0.2) is 4.79 Å². The fraction of sp³-hybridized carbons (Fsp3) is 0.545. The van der Waals surface area contributed by atoms with E-state index in [1.165, 1.54) is 0 Å². The second-order valence-corrected chi connectivity index (χ2v) is 4.04. The van der Waals surface area contributed by atoms with Crippen molar-refractivity contribution in [1.29, 1.82) is 0 Å². The van der Waals surface area contributed by atoms with Gasteiger partial charge in [0.2, 0.25) is 0 Å². The zero-order valence-electron chi connectivity index (χ0n) is 9.48. The molecule has 0 atom stereocenters. The number of ether oxygens (including phenoxy) is 1. The van der Waals surface area contributed by atoms with Gasteiger partial charge in [0.25, 0.3) is 0 Å². The van der Waals surface area contributed by atoms with Gasteiger partial charge in [0.05, 0.1) is 13.2 Å². The van der Waals surface area contributed by atoms with E-state index < -0.39 is 0 Å². The largest absolute Gasteiger partial charge is 0.449 e. The monoisotopic (exact) mass is 223 g/mol. The highest BCUT2D eigenvalue weighted by Crippen LogP contribution is 2.13. The lowest BCUT2D eigenvalue weighted by atomic mass is 10.2. The average Bonchev–Trinajstić information content (AvgIpc) is 2.62. The van der Waals surface area contributed by atoms with Crippen LogP contribution in [0.25, 0.3) is 0 Å². The molecule has 1 aromatic rings. The Balaban J connectivity index is 2.04. The molecule has 0 aromatic carbocycles. The molecule has 16 heavy (non-hydrogen) atoms. The maximum atomic E-state index is 11.4. The molecule has 0 saturated carbocycles. The number of carbonyl (C=O) groups excluding carboxylic acids is 1. The van der Waals surface area contributed by atoms with Gasteiger partial charge in [0.15, 0.2) is 0 Å². The molecule has 0 unspecified atom stereocenters. The van der Waals surface area contributed by atoms with E-state index in [9.17, 15) is 4.79 Å². The highest BCUT2D eigenvalue weighted by molar-refractivity contribution is 5.68. The molecule has 88 valence electrons. The van der Waals surface area contributed by atoms with Crippen LogP contribution in [0.2, 0.25) is 0 Å². The smallest absolute Gasteiger partial charge is 0.410 e. The summed E-state index contributed by atoms with van der Waals surface area (Å²) in [6.45, 7) is 2.43. The van der Waals surface area contributed by atoms with Crippen LogP contribution in [-0.2, 0) is 24.9 Å². The molecule has 1 amide bonds. The summed E-state index contributed by atoms with van der Waals surface area (Å²) < 4.78 is 6.97. The molecule has 2 rings (SSSR count). The van der Waals surface area contributed by atoms with E-state index in [0.717, 1.165) is 24.2 Å². The molecular formula is C11H17N3O2. The molecule has 0 bridgehead atoms. The molecule has 1 aliphatic heterocycles. The SMILES string of the molecule is Cn1cc(CN2CCCOC2=O)cc1CN. The molecule has 2 heterocycles. The van der Waals surface area contributed by atoms with Gasteiger partial charge >= 0.3 is 6.09 Å². The number of hydrogen-bond donors (Lipinski definition) is 1. The Hall–Kier alpha value is -1.49. The third kappa shape index (κ3) is 2.19. The summed E-state index contributed by atoms with van der Waals surface area (Å²) in [6.07, 6.45) is 2.69. The molecule has 2 N–H and O–H groups in total. The molecule has 1 saturated heterocycles. The molecule has 0 radical (unpaired) electrons. The van der Waals surface area contributed by atoms with E-state index in [0.29, 0.717) is 19.7 Å². The van der Waals surface area contributed by atoms with Crippen LogP contribution in [0.15, 0.2) is 12.3 Å². The topological polar surface area (TPSA) is 60.5 Å². The minimum absolute atomic E-state index is 0.218. The predicted molar refractivity (Wildman–Crippen MR) is 59.7 cm³/mol. The lowest BCUT2D eigenvalue weighted by molar-refractivity contribution is 0.0700. The maximum Gasteiger partial charge on any atom is 0.410 e. The van der Waals surface area contributed by atoms with Gasteiger partial charge in [0, 0.05) is 32.0 Å². The van der Waals surface area contributed by atoms with E-state index >= 15 is 0 Å². The first-order valence-electron chi connectivity index (χ1n) is 5.46. The Morgan fingerprint density at radius 1 is 1.56 bits per heavy atom. The molecule has 1 aliphatic rings. The van der Waals surface area contributed by atoms with Crippen LogP contribution in [0.5, 0.6) is 0 Å². The number of hydrogen-bond acceptors (Lipinski definition) is 3. The fourth-order valence-electron chi connectivity index (χ4n) is 1.94. The number of rotatable bonds is 3. The van der Waals surface area contributed by atoms with E-state index in [1.54, 1.807) is 4.90 Å². The van der Waals surface area contributed by atoms with Gasteiger partial charge in [-0.2, -0.15) is 0 Å². The summed E-state index contributed by atoms with van der Waals surface area (Å²) in [6, 6.07) is 2.03. The molecule has 1 fully saturated rings. The fourth-order valence-corrected chi connectivity index (χ4v) is 1.94. The van der Waals surface area contributed by atoms with Crippen LogP contribution >= 0.6 is 0 Å². The Morgan fingerprint density at radius 3 is 3.00 bits per heavy atom. The van der Waals surface area contributed by atoms with Crippen molar-refractivity contribution in [2.24, 2.45) is 12.8 Å². The summed E-state index contributed by atoms with van der Waals surface area (Å²) >= 11 is 0. The summed E-state index contributed by atoms with van der Waals surface area (Å²) in [5.41, 5.74) is 7.77. The normalized spacial score (nSPS) is 16.4. The highest BCUT2D eigenvalue weighted by Gasteiger charge is 2.20. The molecule has 5 heteroatoms. The first kappa shape index (κ1) is 11.0. The van der Waals surface area contributed by atoms with Gasteiger partial charge in [-0.3, -0.25) is 0 Å². The number of aryl methyl sites for hydroxylation is 1. The number of nitrogens with two attached hydrogens (primary N) is 1. The quantitative estimate of drug-likeness (QED) is 0.825. The minimum atomic E-state index is -0.218. The standard InChI is InChI=1S/C11H17N3O2/c1-13-7-9(5-10(13)6-12)8-14-3-2-4-16-11(14)15/h5,7H,2-4,6,8,12H2,1H3. The highest BCUT2D eigenvalue weighted by atomic mass is 16.6. The van der Waals surface area contributed by atoms with Gasteiger partial charge in [-0.1, -0.05) is 0 Å². The number of carbonyl (C=O) groups is 1. The predicted octanol–water partition coefficient (Wildman–Crippen LogP) is 0.826. The Morgan fingerprint density at radius 2 is 2.38 bits per heavy atom. The summed E-state index contributed by atoms with van der Waals surface area (Å²) in [7, 11) is 1.96. The lowest BCUT2D eigenvalue weighted by Crippen LogP contribution is -2.36. The van der Waals surface area contributed by atoms with E-state index in [1.807, 2.05) is 23.9 Å². The van der Waals surface area contributed by atoms with Crippen molar-refractivity contribution in [3.05, 3.63) is 23.5 Å². The average molecular weight is 223 g/mol. The Kier molecular flexibility index (Phi) is 3.14. The van der Waals surface area contributed by atoms with E-state index in [4.69, 9.17) is 10.5 Å². The lowest BCUT2D eigenvalue weighted by Gasteiger charge is -2.25. The first-order valence-corrected chi connectivity index (χ1v) is 5.46. The van der Waals surface area contributed by atoms with Crippen molar-refractivity contribution < 1.29 is 9.53 Å². The Labute approximate surface area is 94.8 Å².